The van der Waals surface area contributed by atoms with Gasteiger partial charge >= 0.3 is 0 Å². The summed E-state index contributed by atoms with van der Waals surface area (Å²) in [5, 5.41) is 7.23. The lowest BCUT2D eigenvalue weighted by atomic mass is 10.0. The van der Waals surface area contributed by atoms with Crippen LogP contribution >= 0.6 is 0 Å². The van der Waals surface area contributed by atoms with E-state index in [9.17, 15) is 0 Å². The second kappa shape index (κ2) is 13.6. The number of fused-ring (bicyclic) bond motifs is 1. The fourth-order valence-electron chi connectivity index (χ4n) is 5.88. The van der Waals surface area contributed by atoms with E-state index < -0.39 is 0 Å². The molecule has 34 heavy (non-hydrogen) atoms. The largest absolute Gasteiger partial charge is 0.356 e. The van der Waals surface area contributed by atoms with Crippen molar-refractivity contribution >= 4 is 11.8 Å². The number of hydrogen-bond donors (Lipinski definition) is 3. The van der Waals surface area contributed by atoms with E-state index in [0.29, 0.717) is 0 Å². The van der Waals surface area contributed by atoms with E-state index in [4.69, 9.17) is 15.7 Å². The van der Waals surface area contributed by atoms with Crippen LogP contribution in [0.2, 0.25) is 0 Å². The van der Waals surface area contributed by atoms with Crippen LogP contribution in [0, 0.1) is 0 Å². The number of rotatable bonds is 11. The van der Waals surface area contributed by atoms with Crippen LogP contribution in [-0.4, -0.2) is 59.8 Å². The summed E-state index contributed by atoms with van der Waals surface area (Å²) in [6.45, 7) is 8.61. The van der Waals surface area contributed by atoms with Crippen molar-refractivity contribution in [1.82, 2.24) is 20.2 Å². The summed E-state index contributed by atoms with van der Waals surface area (Å²) in [5.41, 5.74) is 9.31. The Kier molecular flexibility index (Phi) is 10.3. The molecule has 7 heteroatoms. The molecule has 0 aliphatic carbocycles. The van der Waals surface area contributed by atoms with Gasteiger partial charge in [-0.25, -0.2) is 4.98 Å². The van der Waals surface area contributed by atoms with Gasteiger partial charge in [-0.1, -0.05) is 58.3 Å². The van der Waals surface area contributed by atoms with E-state index >= 15 is 0 Å². The van der Waals surface area contributed by atoms with E-state index in [2.05, 4.69) is 27.4 Å². The normalized spacial score (nSPS) is 24.0. The molecule has 3 aliphatic rings. The van der Waals surface area contributed by atoms with Crippen LogP contribution in [0.3, 0.4) is 0 Å². The fourth-order valence-corrected chi connectivity index (χ4v) is 5.88. The predicted octanol–water partition coefficient (Wildman–Crippen LogP) is 4.41. The standard InChI is InChI=1S/C27H49N7/c1-2-3-4-5-6-7-10-17-33-20-13-14-24(25(33)28)31-27-30-23-15-16-29-21-22(23)26(32-27)34-18-11-8-9-12-19-34/h24-25,29H,2-21,28H2,1H3,(H,30,31,32). The smallest absolute Gasteiger partial charge is 0.225 e. The number of anilines is 2. The zero-order valence-electron chi connectivity index (χ0n) is 21.7. The Bertz CT molecular complexity index is 732. The average molecular weight is 472 g/mol. The third-order valence-electron chi connectivity index (χ3n) is 7.97. The van der Waals surface area contributed by atoms with Gasteiger partial charge in [0.25, 0.3) is 0 Å². The maximum Gasteiger partial charge on any atom is 0.225 e. The second-order valence-corrected chi connectivity index (χ2v) is 10.7. The van der Waals surface area contributed by atoms with Crippen LogP contribution in [-0.2, 0) is 13.0 Å². The third kappa shape index (κ3) is 7.05. The van der Waals surface area contributed by atoms with E-state index in [0.717, 1.165) is 63.9 Å². The maximum atomic E-state index is 6.78. The molecule has 2 unspecified atom stereocenters. The van der Waals surface area contributed by atoms with E-state index in [1.165, 1.54) is 88.3 Å². The topological polar surface area (TPSA) is 82.3 Å². The molecule has 4 N–H and O–H groups in total. The van der Waals surface area contributed by atoms with Crippen LogP contribution < -0.4 is 21.3 Å². The number of nitrogens with two attached hydrogens (primary N) is 1. The van der Waals surface area contributed by atoms with Gasteiger partial charge in [0.15, 0.2) is 0 Å². The first kappa shape index (κ1) is 25.6. The third-order valence-corrected chi connectivity index (χ3v) is 7.97. The lowest BCUT2D eigenvalue weighted by Crippen LogP contribution is -2.56. The van der Waals surface area contributed by atoms with Gasteiger partial charge in [0.05, 0.1) is 17.9 Å². The molecule has 2 saturated heterocycles. The molecule has 7 nitrogen and oxygen atoms in total. The minimum Gasteiger partial charge on any atom is -0.356 e. The highest BCUT2D eigenvalue weighted by atomic mass is 15.3. The first-order chi connectivity index (χ1) is 16.8. The van der Waals surface area contributed by atoms with Crippen LogP contribution in [0.5, 0.6) is 0 Å². The highest BCUT2D eigenvalue weighted by Gasteiger charge is 2.30. The number of piperidine rings is 1. The molecule has 1 aromatic heterocycles. The maximum absolute atomic E-state index is 6.78. The molecule has 4 heterocycles. The summed E-state index contributed by atoms with van der Waals surface area (Å²) in [6.07, 6.45) is 17.9. The molecule has 1 aromatic rings. The highest BCUT2D eigenvalue weighted by Crippen LogP contribution is 2.28. The monoisotopic (exact) mass is 471 g/mol. The first-order valence-electron chi connectivity index (χ1n) is 14.4. The van der Waals surface area contributed by atoms with E-state index in [-0.39, 0.29) is 12.2 Å². The van der Waals surface area contributed by atoms with Crippen LogP contribution in [0.15, 0.2) is 0 Å². The van der Waals surface area contributed by atoms with Gasteiger partial charge in [-0.3, -0.25) is 4.90 Å². The van der Waals surface area contributed by atoms with Crippen LogP contribution in [0.25, 0.3) is 0 Å². The Hall–Kier alpha value is -1.44. The molecule has 0 aromatic carbocycles. The van der Waals surface area contributed by atoms with Gasteiger partial charge in [0.1, 0.15) is 5.82 Å². The van der Waals surface area contributed by atoms with E-state index in [1.54, 1.807) is 0 Å². The molecule has 4 rings (SSSR count). The summed E-state index contributed by atoms with van der Waals surface area (Å²) in [6, 6.07) is 0.218. The summed E-state index contributed by atoms with van der Waals surface area (Å²) in [5.74, 6) is 1.95. The molecule has 0 bridgehead atoms. The van der Waals surface area contributed by atoms with Crippen molar-refractivity contribution in [1.29, 1.82) is 0 Å². The van der Waals surface area contributed by atoms with Crippen LogP contribution in [0.4, 0.5) is 11.8 Å². The minimum atomic E-state index is 0.0387. The molecule has 0 radical (unpaired) electrons. The number of likely N-dealkylation sites (tertiary alicyclic amines) is 1. The molecule has 3 aliphatic heterocycles. The molecule has 0 spiro atoms. The summed E-state index contributed by atoms with van der Waals surface area (Å²) < 4.78 is 0. The van der Waals surface area contributed by atoms with Crippen molar-refractivity contribution in [2.24, 2.45) is 5.73 Å². The zero-order valence-corrected chi connectivity index (χ0v) is 21.7. The van der Waals surface area contributed by atoms with Gasteiger partial charge in [0.2, 0.25) is 5.95 Å². The van der Waals surface area contributed by atoms with Gasteiger partial charge in [-0.15, -0.1) is 0 Å². The number of aromatic nitrogens is 2. The quantitative estimate of drug-likeness (QED) is 0.412. The van der Waals surface area contributed by atoms with Crippen molar-refractivity contribution in [2.45, 2.75) is 116 Å². The Morgan fingerprint density at radius 2 is 1.71 bits per heavy atom. The predicted molar refractivity (Wildman–Crippen MR) is 142 cm³/mol. The van der Waals surface area contributed by atoms with Crippen LogP contribution in [0.1, 0.15) is 102 Å². The lowest BCUT2D eigenvalue weighted by molar-refractivity contribution is 0.136. The average Bonchev–Trinajstić information content (AvgIpc) is 3.15. The Balaban J connectivity index is 1.37. The molecular weight excluding hydrogens is 422 g/mol. The van der Waals surface area contributed by atoms with Gasteiger partial charge in [0, 0.05) is 38.2 Å². The highest BCUT2D eigenvalue weighted by molar-refractivity contribution is 5.54. The number of nitrogens with zero attached hydrogens (tertiary/aromatic N) is 4. The van der Waals surface area contributed by atoms with E-state index in [1.807, 2.05) is 0 Å². The van der Waals surface area contributed by atoms with Gasteiger partial charge in [-0.05, 0) is 45.2 Å². The molecule has 0 saturated carbocycles. The summed E-state index contributed by atoms with van der Waals surface area (Å²) >= 11 is 0. The Morgan fingerprint density at radius 1 is 0.941 bits per heavy atom. The van der Waals surface area contributed by atoms with Crippen molar-refractivity contribution in [3.63, 3.8) is 0 Å². The lowest BCUT2D eigenvalue weighted by Gasteiger charge is -2.39. The summed E-state index contributed by atoms with van der Waals surface area (Å²) in [7, 11) is 0. The number of hydrogen-bond acceptors (Lipinski definition) is 7. The van der Waals surface area contributed by atoms with Crippen molar-refractivity contribution < 1.29 is 0 Å². The second-order valence-electron chi connectivity index (χ2n) is 10.7. The van der Waals surface area contributed by atoms with Crippen molar-refractivity contribution in [3.05, 3.63) is 11.3 Å². The number of nitrogens with one attached hydrogen (secondary N) is 2. The number of unbranched alkanes of at least 4 members (excludes halogenated alkanes) is 6. The summed E-state index contributed by atoms with van der Waals surface area (Å²) in [4.78, 5) is 15.1. The Labute approximate surface area is 207 Å². The first-order valence-corrected chi connectivity index (χ1v) is 14.4. The van der Waals surface area contributed by atoms with Gasteiger partial charge in [-0.2, -0.15) is 4.98 Å². The van der Waals surface area contributed by atoms with Crippen molar-refractivity contribution in [3.8, 4) is 0 Å². The SMILES string of the molecule is CCCCCCCCCN1CCCC(Nc2nc3c(c(N4CCCCCC4)n2)CNCC3)C1N. The zero-order chi connectivity index (χ0) is 23.6. The molecule has 2 atom stereocenters. The fraction of sp³-hybridized carbons (Fsp3) is 0.852. The molecule has 0 amide bonds. The van der Waals surface area contributed by atoms with Crippen molar-refractivity contribution in [2.75, 3.05) is 42.9 Å². The molecular formula is C27H49N7. The minimum absolute atomic E-state index is 0.0387. The molecule has 2 fully saturated rings. The molecule has 192 valence electrons. The van der Waals surface area contributed by atoms with Gasteiger partial charge < -0.3 is 21.3 Å². The Morgan fingerprint density at radius 3 is 2.50 bits per heavy atom.